The Morgan fingerprint density at radius 2 is 2.16 bits per heavy atom. The van der Waals surface area contributed by atoms with Gasteiger partial charge in [-0.2, -0.15) is 5.10 Å². The van der Waals surface area contributed by atoms with Crippen LogP contribution in [0.5, 0.6) is 5.75 Å². The smallest absolute Gasteiger partial charge is 0.191 e. The van der Waals surface area contributed by atoms with Crippen LogP contribution in [0.2, 0.25) is 0 Å². The van der Waals surface area contributed by atoms with E-state index in [0.717, 1.165) is 49.1 Å². The molecule has 2 rings (SSSR count). The molecule has 1 aromatic heterocycles. The number of nitrogens with zero attached hydrogens (tertiary/aromatic N) is 4. The minimum absolute atomic E-state index is 0.572. The Kier molecular flexibility index (Phi) is 7.75. The number of aliphatic imine (C=N–C) groups is 1. The SMILES string of the molecule is CCCCOc1cccc(CN=C(NCC)NCc2ncnn2C)c1. The Labute approximate surface area is 149 Å². The maximum absolute atomic E-state index is 5.75. The zero-order valence-corrected chi connectivity index (χ0v) is 15.3. The van der Waals surface area contributed by atoms with Crippen molar-refractivity contribution in [2.45, 2.75) is 39.8 Å². The number of hydrogen-bond donors (Lipinski definition) is 2. The molecule has 1 heterocycles. The molecule has 0 radical (unpaired) electrons. The number of rotatable bonds is 9. The van der Waals surface area contributed by atoms with Crippen molar-refractivity contribution in [2.24, 2.45) is 12.0 Å². The summed E-state index contributed by atoms with van der Waals surface area (Å²) >= 11 is 0. The molecule has 0 aliphatic rings. The predicted molar refractivity (Wildman–Crippen MR) is 99.5 cm³/mol. The van der Waals surface area contributed by atoms with E-state index in [2.05, 4.69) is 38.7 Å². The number of guanidine groups is 1. The van der Waals surface area contributed by atoms with Crippen LogP contribution < -0.4 is 15.4 Å². The van der Waals surface area contributed by atoms with Gasteiger partial charge in [-0.1, -0.05) is 25.5 Å². The summed E-state index contributed by atoms with van der Waals surface area (Å²) in [6, 6.07) is 8.10. The van der Waals surface area contributed by atoms with Crippen molar-refractivity contribution in [3.63, 3.8) is 0 Å². The van der Waals surface area contributed by atoms with Gasteiger partial charge in [-0.05, 0) is 31.0 Å². The highest BCUT2D eigenvalue weighted by Gasteiger charge is 2.03. The fourth-order valence-corrected chi connectivity index (χ4v) is 2.22. The van der Waals surface area contributed by atoms with Gasteiger partial charge < -0.3 is 15.4 Å². The molecule has 0 bridgehead atoms. The quantitative estimate of drug-likeness (QED) is 0.414. The molecular weight excluding hydrogens is 316 g/mol. The molecule has 25 heavy (non-hydrogen) atoms. The van der Waals surface area contributed by atoms with Gasteiger partial charge in [-0.25, -0.2) is 9.98 Å². The molecule has 0 unspecified atom stereocenters. The van der Waals surface area contributed by atoms with Crippen molar-refractivity contribution >= 4 is 5.96 Å². The molecule has 0 fully saturated rings. The molecule has 0 spiro atoms. The van der Waals surface area contributed by atoms with Gasteiger partial charge in [0.05, 0.1) is 19.7 Å². The number of unbranched alkanes of at least 4 members (excludes halogenated alkanes) is 1. The van der Waals surface area contributed by atoms with Gasteiger partial charge in [0.15, 0.2) is 5.96 Å². The van der Waals surface area contributed by atoms with Crippen LogP contribution >= 0.6 is 0 Å². The molecule has 0 amide bonds. The number of hydrogen-bond acceptors (Lipinski definition) is 4. The van der Waals surface area contributed by atoms with E-state index in [1.54, 1.807) is 11.0 Å². The Morgan fingerprint density at radius 3 is 2.88 bits per heavy atom. The molecule has 0 aliphatic heterocycles. The van der Waals surface area contributed by atoms with Crippen LogP contribution in [0.15, 0.2) is 35.6 Å². The van der Waals surface area contributed by atoms with E-state index in [0.29, 0.717) is 13.1 Å². The normalized spacial score (nSPS) is 11.4. The van der Waals surface area contributed by atoms with Crippen LogP contribution in [0.4, 0.5) is 0 Å². The summed E-state index contributed by atoms with van der Waals surface area (Å²) in [5.41, 5.74) is 1.12. The van der Waals surface area contributed by atoms with Crippen LogP contribution in [-0.2, 0) is 20.1 Å². The van der Waals surface area contributed by atoms with Gasteiger partial charge >= 0.3 is 0 Å². The highest BCUT2D eigenvalue weighted by Crippen LogP contribution is 2.14. The van der Waals surface area contributed by atoms with Gasteiger partial charge in [0.1, 0.15) is 17.9 Å². The van der Waals surface area contributed by atoms with Crippen molar-refractivity contribution in [3.8, 4) is 5.75 Å². The van der Waals surface area contributed by atoms with Crippen LogP contribution in [0.25, 0.3) is 0 Å². The van der Waals surface area contributed by atoms with E-state index in [-0.39, 0.29) is 0 Å². The zero-order chi connectivity index (χ0) is 17.9. The molecule has 0 aliphatic carbocycles. The third kappa shape index (κ3) is 6.45. The van der Waals surface area contributed by atoms with Crippen LogP contribution in [0.3, 0.4) is 0 Å². The second kappa shape index (κ2) is 10.3. The van der Waals surface area contributed by atoms with Gasteiger partial charge in [0.2, 0.25) is 0 Å². The average Bonchev–Trinajstić information content (AvgIpc) is 3.03. The second-order valence-corrected chi connectivity index (χ2v) is 5.70. The lowest BCUT2D eigenvalue weighted by atomic mass is 10.2. The highest BCUT2D eigenvalue weighted by molar-refractivity contribution is 5.79. The molecule has 0 atom stereocenters. The summed E-state index contributed by atoms with van der Waals surface area (Å²) in [6.07, 6.45) is 3.75. The standard InChI is InChI=1S/C18H28N6O/c1-4-6-10-25-16-9-7-8-15(11-16)12-20-18(19-5-2)21-13-17-22-14-23-24(17)3/h7-9,11,14H,4-6,10,12-13H2,1-3H3,(H2,19,20,21). The minimum atomic E-state index is 0.572. The lowest BCUT2D eigenvalue weighted by Crippen LogP contribution is -2.37. The Morgan fingerprint density at radius 1 is 1.28 bits per heavy atom. The second-order valence-electron chi connectivity index (χ2n) is 5.70. The highest BCUT2D eigenvalue weighted by atomic mass is 16.5. The fourth-order valence-electron chi connectivity index (χ4n) is 2.22. The van der Waals surface area contributed by atoms with Crippen molar-refractivity contribution < 1.29 is 4.74 Å². The predicted octanol–water partition coefficient (Wildman–Crippen LogP) is 2.25. The van der Waals surface area contributed by atoms with E-state index in [1.807, 2.05) is 32.2 Å². The number of aryl methyl sites for hydroxylation is 1. The van der Waals surface area contributed by atoms with Crippen LogP contribution in [0.1, 0.15) is 38.1 Å². The minimum Gasteiger partial charge on any atom is -0.494 e. The molecule has 0 saturated carbocycles. The summed E-state index contributed by atoms with van der Waals surface area (Å²) in [5, 5.41) is 10.6. The molecule has 2 N–H and O–H groups in total. The molecule has 7 nitrogen and oxygen atoms in total. The zero-order valence-electron chi connectivity index (χ0n) is 15.3. The van der Waals surface area contributed by atoms with Crippen molar-refractivity contribution in [1.29, 1.82) is 0 Å². The van der Waals surface area contributed by atoms with Gasteiger partial charge in [-0.3, -0.25) is 4.68 Å². The van der Waals surface area contributed by atoms with E-state index in [1.165, 1.54) is 0 Å². The first-order valence-electron chi connectivity index (χ1n) is 8.79. The molecule has 7 heteroatoms. The van der Waals surface area contributed by atoms with E-state index in [9.17, 15) is 0 Å². The van der Waals surface area contributed by atoms with Gasteiger partial charge in [0.25, 0.3) is 0 Å². The maximum atomic E-state index is 5.75. The Balaban J connectivity index is 1.93. The van der Waals surface area contributed by atoms with E-state index < -0.39 is 0 Å². The lowest BCUT2D eigenvalue weighted by Gasteiger charge is -2.11. The van der Waals surface area contributed by atoms with E-state index >= 15 is 0 Å². The van der Waals surface area contributed by atoms with Crippen molar-refractivity contribution in [2.75, 3.05) is 13.2 Å². The van der Waals surface area contributed by atoms with Crippen molar-refractivity contribution in [3.05, 3.63) is 42.0 Å². The van der Waals surface area contributed by atoms with Gasteiger partial charge in [-0.15, -0.1) is 0 Å². The summed E-state index contributed by atoms with van der Waals surface area (Å²) < 4.78 is 7.50. The summed E-state index contributed by atoms with van der Waals surface area (Å²) in [5.74, 6) is 2.51. The topological polar surface area (TPSA) is 76.4 Å². The summed E-state index contributed by atoms with van der Waals surface area (Å²) in [6.45, 7) is 6.91. The summed E-state index contributed by atoms with van der Waals surface area (Å²) in [7, 11) is 1.87. The number of nitrogens with one attached hydrogen (secondary N) is 2. The largest absolute Gasteiger partial charge is 0.494 e. The monoisotopic (exact) mass is 344 g/mol. The molecule has 1 aromatic carbocycles. The van der Waals surface area contributed by atoms with Crippen LogP contribution in [0, 0.1) is 0 Å². The molecule has 2 aromatic rings. The molecule has 0 saturated heterocycles. The first-order chi connectivity index (χ1) is 12.2. The van der Waals surface area contributed by atoms with E-state index in [4.69, 9.17) is 4.74 Å². The number of aromatic nitrogens is 3. The lowest BCUT2D eigenvalue weighted by molar-refractivity contribution is 0.309. The summed E-state index contributed by atoms with van der Waals surface area (Å²) in [4.78, 5) is 8.84. The number of ether oxygens (including phenoxy) is 1. The average molecular weight is 344 g/mol. The molecular formula is C18H28N6O. The maximum Gasteiger partial charge on any atom is 0.191 e. The van der Waals surface area contributed by atoms with Crippen LogP contribution in [-0.4, -0.2) is 33.9 Å². The number of benzene rings is 1. The third-order valence-corrected chi connectivity index (χ3v) is 3.65. The fraction of sp³-hybridized carbons (Fsp3) is 0.500. The first kappa shape index (κ1) is 18.8. The first-order valence-corrected chi connectivity index (χ1v) is 8.79. The van der Waals surface area contributed by atoms with Crippen molar-refractivity contribution in [1.82, 2.24) is 25.4 Å². The van der Waals surface area contributed by atoms with Gasteiger partial charge in [0, 0.05) is 13.6 Å². The Hall–Kier alpha value is -2.57. The Bertz CT molecular complexity index is 667. The molecule has 136 valence electrons. The third-order valence-electron chi connectivity index (χ3n) is 3.65.